The highest BCUT2D eigenvalue weighted by molar-refractivity contribution is 6.32. The van der Waals surface area contributed by atoms with Crippen molar-refractivity contribution in [1.82, 2.24) is 0 Å². The number of anilines is 1. The molecule has 0 bridgehead atoms. The van der Waals surface area contributed by atoms with Gasteiger partial charge in [0.1, 0.15) is 24.7 Å². The minimum atomic E-state index is -0.656. The Labute approximate surface area is 149 Å². The van der Waals surface area contributed by atoms with E-state index in [-0.39, 0.29) is 24.5 Å². The van der Waals surface area contributed by atoms with E-state index < -0.39 is 10.9 Å². The van der Waals surface area contributed by atoms with Crippen LogP contribution in [0.4, 0.5) is 11.4 Å². The lowest BCUT2D eigenvalue weighted by Gasteiger charge is -2.13. The SMILES string of the molecule is CN(C)c1ccc(C(=O)OCCOc2ccccc2Cl)cc1[N+](=O)[O-]. The topological polar surface area (TPSA) is 81.9 Å². The van der Waals surface area contributed by atoms with E-state index in [1.54, 1.807) is 43.3 Å². The molecule has 0 aliphatic carbocycles. The van der Waals surface area contributed by atoms with E-state index in [0.717, 1.165) is 0 Å². The van der Waals surface area contributed by atoms with Gasteiger partial charge in [-0.3, -0.25) is 10.1 Å². The molecule has 0 aliphatic heterocycles. The Hall–Kier alpha value is -2.80. The second kappa shape index (κ2) is 8.34. The zero-order chi connectivity index (χ0) is 18.4. The fourth-order valence-electron chi connectivity index (χ4n) is 2.11. The van der Waals surface area contributed by atoms with Gasteiger partial charge < -0.3 is 14.4 Å². The molecule has 2 aromatic carbocycles. The molecule has 0 aliphatic rings. The van der Waals surface area contributed by atoms with E-state index in [1.807, 2.05) is 0 Å². The second-order valence-corrected chi connectivity index (χ2v) is 5.68. The number of rotatable bonds is 7. The molecule has 0 aromatic heterocycles. The van der Waals surface area contributed by atoms with Crippen molar-refractivity contribution in [3.05, 3.63) is 63.2 Å². The first-order chi connectivity index (χ1) is 11.9. The summed E-state index contributed by atoms with van der Waals surface area (Å²) in [4.78, 5) is 24.3. The summed E-state index contributed by atoms with van der Waals surface area (Å²) < 4.78 is 10.5. The minimum Gasteiger partial charge on any atom is -0.488 e. The number of hydrogen-bond acceptors (Lipinski definition) is 6. The standard InChI is InChI=1S/C17H17ClN2O5/c1-19(2)14-8-7-12(11-15(14)20(22)23)17(21)25-10-9-24-16-6-4-3-5-13(16)18/h3-8,11H,9-10H2,1-2H3. The predicted molar refractivity (Wildman–Crippen MR) is 94.7 cm³/mol. The van der Waals surface area contributed by atoms with E-state index in [9.17, 15) is 14.9 Å². The second-order valence-electron chi connectivity index (χ2n) is 5.27. The normalized spacial score (nSPS) is 10.2. The lowest BCUT2D eigenvalue weighted by molar-refractivity contribution is -0.384. The van der Waals surface area contributed by atoms with Gasteiger partial charge in [-0.2, -0.15) is 0 Å². The van der Waals surface area contributed by atoms with E-state index in [2.05, 4.69) is 0 Å². The highest BCUT2D eigenvalue weighted by Crippen LogP contribution is 2.28. The van der Waals surface area contributed by atoms with Crippen LogP contribution in [-0.2, 0) is 4.74 Å². The van der Waals surface area contributed by atoms with Gasteiger partial charge >= 0.3 is 5.97 Å². The Morgan fingerprint density at radius 3 is 2.56 bits per heavy atom. The van der Waals surface area contributed by atoms with Crippen LogP contribution in [0.25, 0.3) is 0 Å². The monoisotopic (exact) mass is 364 g/mol. The van der Waals surface area contributed by atoms with Crippen LogP contribution in [0.1, 0.15) is 10.4 Å². The predicted octanol–water partition coefficient (Wildman–Crippen LogP) is 3.55. The lowest BCUT2D eigenvalue weighted by atomic mass is 10.1. The Balaban J connectivity index is 1.96. The smallest absolute Gasteiger partial charge is 0.338 e. The molecule has 0 spiro atoms. The molecule has 8 heteroatoms. The van der Waals surface area contributed by atoms with Crippen LogP contribution in [-0.4, -0.2) is 38.2 Å². The molecule has 0 unspecified atom stereocenters. The van der Waals surface area contributed by atoms with Crippen molar-refractivity contribution < 1.29 is 19.2 Å². The van der Waals surface area contributed by atoms with E-state index >= 15 is 0 Å². The van der Waals surface area contributed by atoms with Crippen LogP contribution in [0.5, 0.6) is 5.75 Å². The van der Waals surface area contributed by atoms with Crippen LogP contribution in [0.3, 0.4) is 0 Å². The average molecular weight is 365 g/mol. The number of nitrogens with zero attached hydrogens (tertiary/aromatic N) is 2. The summed E-state index contributed by atoms with van der Waals surface area (Å²) in [6.07, 6.45) is 0. The molecule has 0 heterocycles. The van der Waals surface area contributed by atoms with Gasteiger partial charge in [0.05, 0.1) is 15.5 Å². The van der Waals surface area contributed by atoms with Crippen molar-refractivity contribution in [3.8, 4) is 5.75 Å². The van der Waals surface area contributed by atoms with Gasteiger partial charge in [0, 0.05) is 20.2 Å². The molecule has 0 amide bonds. The lowest BCUT2D eigenvalue weighted by Crippen LogP contribution is -2.14. The van der Waals surface area contributed by atoms with Gasteiger partial charge in [-0.05, 0) is 24.3 Å². The van der Waals surface area contributed by atoms with Gasteiger partial charge in [0.2, 0.25) is 0 Å². The van der Waals surface area contributed by atoms with E-state index in [0.29, 0.717) is 16.5 Å². The highest BCUT2D eigenvalue weighted by Gasteiger charge is 2.19. The van der Waals surface area contributed by atoms with Gasteiger partial charge in [0.25, 0.3) is 5.69 Å². The highest BCUT2D eigenvalue weighted by atomic mass is 35.5. The number of ether oxygens (including phenoxy) is 2. The van der Waals surface area contributed by atoms with Crippen molar-refractivity contribution >= 4 is 28.9 Å². The molecule has 2 aromatic rings. The fraction of sp³-hybridized carbons (Fsp3) is 0.235. The Bertz CT molecular complexity index is 779. The summed E-state index contributed by atoms with van der Waals surface area (Å²) in [5.74, 6) is -0.164. The third-order valence-electron chi connectivity index (χ3n) is 3.30. The maximum atomic E-state index is 12.0. The average Bonchev–Trinajstić information content (AvgIpc) is 2.59. The number of para-hydroxylation sites is 1. The molecule has 0 saturated carbocycles. The van der Waals surface area contributed by atoms with Crippen LogP contribution in [0.15, 0.2) is 42.5 Å². The van der Waals surface area contributed by atoms with Crippen LogP contribution in [0, 0.1) is 10.1 Å². The fourth-order valence-corrected chi connectivity index (χ4v) is 2.30. The van der Waals surface area contributed by atoms with Gasteiger partial charge in [0.15, 0.2) is 0 Å². The third-order valence-corrected chi connectivity index (χ3v) is 3.61. The number of nitro groups is 1. The van der Waals surface area contributed by atoms with E-state index in [1.165, 1.54) is 18.2 Å². The summed E-state index contributed by atoms with van der Waals surface area (Å²) in [6.45, 7) is 0.112. The first kappa shape index (κ1) is 18.5. The quantitative estimate of drug-likeness (QED) is 0.323. The van der Waals surface area contributed by atoms with Gasteiger partial charge in [-0.1, -0.05) is 23.7 Å². The number of benzene rings is 2. The molecule has 25 heavy (non-hydrogen) atoms. The molecular weight excluding hydrogens is 348 g/mol. The summed E-state index contributed by atoms with van der Waals surface area (Å²) in [6, 6.07) is 11.1. The zero-order valence-corrected chi connectivity index (χ0v) is 14.5. The molecule has 2 rings (SSSR count). The van der Waals surface area contributed by atoms with Crippen LogP contribution < -0.4 is 9.64 Å². The van der Waals surface area contributed by atoms with Gasteiger partial charge in [-0.15, -0.1) is 0 Å². The number of hydrogen-bond donors (Lipinski definition) is 0. The number of carbonyl (C=O) groups is 1. The van der Waals surface area contributed by atoms with Crippen molar-refractivity contribution in [2.24, 2.45) is 0 Å². The van der Waals surface area contributed by atoms with Crippen molar-refractivity contribution in [3.63, 3.8) is 0 Å². The number of halogens is 1. The molecule has 0 atom stereocenters. The number of nitro benzene ring substituents is 1. The molecule has 0 N–H and O–H groups in total. The number of carbonyl (C=O) groups excluding carboxylic acids is 1. The molecular formula is C17H17ClN2O5. The maximum absolute atomic E-state index is 12.0. The summed E-state index contributed by atoms with van der Waals surface area (Å²) in [7, 11) is 3.37. The summed E-state index contributed by atoms with van der Waals surface area (Å²) >= 11 is 5.95. The third kappa shape index (κ3) is 4.84. The molecule has 0 fully saturated rings. The largest absolute Gasteiger partial charge is 0.488 e. The van der Waals surface area contributed by atoms with Crippen molar-refractivity contribution in [2.45, 2.75) is 0 Å². The van der Waals surface area contributed by atoms with Crippen molar-refractivity contribution in [2.75, 3.05) is 32.2 Å². The molecule has 0 saturated heterocycles. The van der Waals surface area contributed by atoms with Crippen LogP contribution >= 0.6 is 11.6 Å². The Morgan fingerprint density at radius 1 is 1.20 bits per heavy atom. The Morgan fingerprint density at radius 2 is 1.92 bits per heavy atom. The summed E-state index contributed by atoms with van der Waals surface area (Å²) in [5.41, 5.74) is 0.352. The Kier molecular flexibility index (Phi) is 6.19. The molecule has 7 nitrogen and oxygen atoms in total. The first-order valence-electron chi connectivity index (χ1n) is 7.40. The summed E-state index contributed by atoms with van der Waals surface area (Å²) in [5, 5.41) is 11.6. The van der Waals surface area contributed by atoms with Crippen LogP contribution in [0.2, 0.25) is 5.02 Å². The first-order valence-corrected chi connectivity index (χ1v) is 7.78. The molecule has 0 radical (unpaired) electrons. The van der Waals surface area contributed by atoms with Gasteiger partial charge in [-0.25, -0.2) is 4.79 Å². The van der Waals surface area contributed by atoms with Crippen molar-refractivity contribution in [1.29, 1.82) is 0 Å². The van der Waals surface area contributed by atoms with E-state index in [4.69, 9.17) is 21.1 Å². The number of esters is 1. The minimum absolute atomic E-state index is 0.00666. The maximum Gasteiger partial charge on any atom is 0.338 e. The zero-order valence-electron chi connectivity index (χ0n) is 13.8. The molecule has 132 valence electrons.